The molecule has 8 heteroatoms. The first-order chi connectivity index (χ1) is 13.9. The van der Waals surface area contributed by atoms with Gasteiger partial charge in [-0.3, -0.25) is 4.79 Å². The molecule has 4 rings (SSSR count). The summed E-state index contributed by atoms with van der Waals surface area (Å²) in [5.74, 6) is 0.0577. The first kappa shape index (κ1) is 20.1. The van der Waals surface area contributed by atoms with E-state index in [1.165, 1.54) is 4.31 Å². The lowest BCUT2D eigenvalue weighted by Gasteiger charge is -2.34. The summed E-state index contributed by atoms with van der Waals surface area (Å²) in [5, 5.41) is 1.16. The van der Waals surface area contributed by atoms with Crippen molar-refractivity contribution in [3.63, 3.8) is 0 Å². The number of piperazine rings is 1. The molecule has 1 aliphatic heterocycles. The lowest BCUT2D eigenvalue weighted by Crippen LogP contribution is -2.50. The monoisotopic (exact) mass is 475 g/mol. The van der Waals surface area contributed by atoms with Crippen molar-refractivity contribution in [2.45, 2.75) is 17.9 Å². The Labute approximate surface area is 178 Å². The van der Waals surface area contributed by atoms with Crippen molar-refractivity contribution in [3.05, 3.63) is 65.3 Å². The Morgan fingerprint density at radius 2 is 1.72 bits per heavy atom. The number of hydrogen-bond donors (Lipinski definition) is 0. The number of nitrogens with zero attached hydrogens (tertiary/aromatic N) is 3. The number of aromatic nitrogens is 1. The lowest BCUT2D eigenvalue weighted by atomic mass is 10.2. The fourth-order valence-electron chi connectivity index (χ4n) is 3.66. The van der Waals surface area contributed by atoms with Gasteiger partial charge >= 0.3 is 0 Å². The minimum absolute atomic E-state index is 0.0577. The van der Waals surface area contributed by atoms with Crippen LogP contribution in [0.15, 0.2) is 70.2 Å². The number of carbonyl (C=O) groups excluding carboxylic acids is 1. The van der Waals surface area contributed by atoms with Crippen LogP contribution in [0, 0.1) is 0 Å². The Hall–Kier alpha value is -2.16. The van der Waals surface area contributed by atoms with Gasteiger partial charge in [0.05, 0.1) is 4.90 Å². The molecule has 1 amide bonds. The molecule has 1 saturated heterocycles. The van der Waals surface area contributed by atoms with Gasteiger partial charge in [-0.05, 0) is 35.7 Å². The second-order valence-electron chi connectivity index (χ2n) is 7.06. The maximum Gasteiger partial charge on any atom is 0.243 e. The molecule has 29 heavy (non-hydrogen) atoms. The van der Waals surface area contributed by atoms with Gasteiger partial charge in [0.2, 0.25) is 15.9 Å². The average molecular weight is 476 g/mol. The zero-order chi connectivity index (χ0) is 20.4. The normalized spacial score (nSPS) is 15.7. The van der Waals surface area contributed by atoms with Crippen LogP contribution in [0.25, 0.3) is 10.9 Å². The van der Waals surface area contributed by atoms with Gasteiger partial charge in [0, 0.05) is 55.3 Å². The van der Waals surface area contributed by atoms with E-state index in [0.717, 1.165) is 15.4 Å². The van der Waals surface area contributed by atoms with E-state index in [2.05, 4.69) is 26.6 Å². The first-order valence-electron chi connectivity index (χ1n) is 9.52. The largest absolute Gasteiger partial charge is 0.347 e. The predicted octanol–water partition coefficient (Wildman–Crippen LogP) is 3.33. The highest BCUT2D eigenvalue weighted by Crippen LogP contribution is 2.21. The van der Waals surface area contributed by atoms with Crippen molar-refractivity contribution in [2.75, 3.05) is 26.2 Å². The molecular weight excluding hydrogens is 454 g/mol. The minimum Gasteiger partial charge on any atom is -0.347 e. The molecule has 0 N–H and O–H groups in total. The Morgan fingerprint density at radius 1 is 0.966 bits per heavy atom. The molecule has 0 unspecified atom stereocenters. The molecule has 1 fully saturated rings. The molecule has 6 nitrogen and oxygen atoms in total. The average Bonchev–Trinajstić information content (AvgIpc) is 3.15. The SMILES string of the molecule is O=C(CCn1ccc2ccccc21)N1CCN(S(=O)(=O)c2cccc(Br)c2)CC1. The summed E-state index contributed by atoms with van der Waals surface area (Å²) < 4.78 is 29.9. The zero-order valence-electron chi connectivity index (χ0n) is 15.9. The van der Waals surface area contributed by atoms with Crippen LogP contribution in [-0.4, -0.2) is 54.3 Å². The van der Waals surface area contributed by atoms with E-state index >= 15 is 0 Å². The number of amides is 1. The first-order valence-corrected chi connectivity index (χ1v) is 11.8. The van der Waals surface area contributed by atoms with Crippen LogP contribution in [0.1, 0.15) is 6.42 Å². The third kappa shape index (κ3) is 4.24. The summed E-state index contributed by atoms with van der Waals surface area (Å²) in [7, 11) is -3.54. The molecule has 0 spiro atoms. The number of halogens is 1. The van der Waals surface area contributed by atoms with Gasteiger partial charge in [0.25, 0.3) is 0 Å². The number of hydrogen-bond acceptors (Lipinski definition) is 3. The Balaban J connectivity index is 1.35. The van der Waals surface area contributed by atoms with Crippen LogP contribution < -0.4 is 0 Å². The number of rotatable bonds is 5. The van der Waals surface area contributed by atoms with Gasteiger partial charge < -0.3 is 9.47 Å². The van der Waals surface area contributed by atoms with E-state index in [4.69, 9.17) is 0 Å². The molecule has 0 saturated carbocycles. The summed E-state index contributed by atoms with van der Waals surface area (Å²) in [6.45, 7) is 2.07. The summed E-state index contributed by atoms with van der Waals surface area (Å²) in [4.78, 5) is 14.7. The van der Waals surface area contributed by atoms with Gasteiger partial charge in [-0.15, -0.1) is 0 Å². The summed E-state index contributed by atoms with van der Waals surface area (Å²) in [6, 6.07) is 16.8. The van der Waals surface area contributed by atoms with E-state index in [0.29, 0.717) is 39.1 Å². The predicted molar refractivity (Wildman–Crippen MR) is 116 cm³/mol. The number of sulfonamides is 1. The van der Waals surface area contributed by atoms with Crippen molar-refractivity contribution >= 4 is 42.8 Å². The molecule has 1 aromatic heterocycles. The van der Waals surface area contributed by atoms with Crippen molar-refractivity contribution < 1.29 is 13.2 Å². The summed E-state index contributed by atoms with van der Waals surface area (Å²) >= 11 is 3.32. The number of benzene rings is 2. The molecule has 2 aromatic carbocycles. The van der Waals surface area contributed by atoms with Crippen LogP contribution >= 0.6 is 15.9 Å². The molecule has 0 atom stereocenters. The highest BCUT2D eigenvalue weighted by Gasteiger charge is 2.30. The highest BCUT2D eigenvalue weighted by molar-refractivity contribution is 9.10. The molecule has 1 aliphatic rings. The maximum atomic E-state index is 12.8. The number of para-hydroxylation sites is 1. The second kappa shape index (κ2) is 8.30. The van der Waals surface area contributed by atoms with E-state index in [9.17, 15) is 13.2 Å². The fraction of sp³-hybridized carbons (Fsp3) is 0.286. The Morgan fingerprint density at radius 3 is 2.48 bits per heavy atom. The number of carbonyl (C=O) groups is 1. The van der Waals surface area contributed by atoms with Crippen molar-refractivity contribution in [1.82, 2.24) is 13.8 Å². The standard InChI is InChI=1S/C21H22BrN3O3S/c22-18-5-3-6-19(16-18)29(27,28)25-14-12-24(13-15-25)21(26)9-11-23-10-8-17-4-1-2-7-20(17)23/h1-8,10,16H,9,11-15H2. The van der Waals surface area contributed by atoms with Crippen LogP contribution in [0.4, 0.5) is 0 Å². The van der Waals surface area contributed by atoms with Crippen LogP contribution in [0.2, 0.25) is 0 Å². The minimum atomic E-state index is -3.54. The molecule has 2 heterocycles. The lowest BCUT2D eigenvalue weighted by molar-refractivity contribution is -0.132. The van der Waals surface area contributed by atoms with Gasteiger partial charge in [0.15, 0.2) is 0 Å². The van der Waals surface area contributed by atoms with E-state index in [1.54, 1.807) is 29.2 Å². The van der Waals surface area contributed by atoms with Crippen molar-refractivity contribution in [2.24, 2.45) is 0 Å². The smallest absolute Gasteiger partial charge is 0.243 e. The molecule has 152 valence electrons. The number of fused-ring (bicyclic) bond motifs is 1. The third-order valence-corrected chi connectivity index (χ3v) is 7.66. The van der Waals surface area contributed by atoms with Crippen LogP contribution in [0.3, 0.4) is 0 Å². The molecular formula is C21H22BrN3O3S. The van der Waals surface area contributed by atoms with Gasteiger partial charge in [-0.1, -0.05) is 40.2 Å². The third-order valence-electron chi connectivity index (χ3n) is 5.27. The Kier molecular flexibility index (Phi) is 5.76. The fourth-order valence-corrected chi connectivity index (χ4v) is 5.68. The molecule has 0 radical (unpaired) electrons. The van der Waals surface area contributed by atoms with Crippen LogP contribution in [-0.2, 0) is 21.4 Å². The molecule has 3 aromatic rings. The van der Waals surface area contributed by atoms with Gasteiger partial charge in [-0.25, -0.2) is 8.42 Å². The maximum absolute atomic E-state index is 12.8. The van der Waals surface area contributed by atoms with Crippen LogP contribution in [0.5, 0.6) is 0 Å². The quantitative estimate of drug-likeness (QED) is 0.568. The van der Waals surface area contributed by atoms with Crippen molar-refractivity contribution in [1.29, 1.82) is 0 Å². The Bertz CT molecular complexity index is 1130. The molecule has 0 aliphatic carbocycles. The number of aryl methyl sites for hydroxylation is 1. The van der Waals surface area contributed by atoms with E-state index in [1.807, 2.05) is 30.5 Å². The van der Waals surface area contributed by atoms with E-state index in [-0.39, 0.29) is 10.8 Å². The highest BCUT2D eigenvalue weighted by atomic mass is 79.9. The van der Waals surface area contributed by atoms with Gasteiger partial charge in [0.1, 0.15) is 0 Å². The topological polar surface area (TPSA) is 62.6 Å². The second-order valence-corrected chi connectivity index (χ2v) is 9.91. The van der Waals surface area contributed by atoms with E-state index < -0.39 is 10.0 Å². The van der Waals surface area contributed by atoms with Gasteiger partial charge in [-0.2, -0.15) is 4.31 Å². The van der Waals surface area contributed by atoms with Crippen molar-refractivity contribution in [3.8, 4) is 0 Å². The zero-order valence-corrected chi connectivity index (χ0v) is 18.3. The summed E-state index contributed by atoms with van der Waals surface area (Å²) in [5.41, 5.74) is 1.12. The molecule has 0 bridgehead atoms. The summed E-state index contributed by atoms with van der Waals surface area (Å²) in [6.07, 6.45) is 2.40.